The topological polar surface area (TPSA) is 57.5 Å². The summed E-state index contributed by atoms with van der Waals surface area (Å²) in [5.41, 5.74) is 0.739. The van der Waals surface area contributed by atoms with Crippen molar-refractivity contribution in [3.63, 3.8) is 0 Å². The predicted molar refractivity (Wildman–Crippen MR) is 47.5 cm³/mol. The van der Waals surface area contributed by atoms with E-state index in [2.05, 4.69) is 15.9 Å². The second-order valence-electron chi connectivity index (χ2n) is 2.42. The van der Waals surface area contributed by atoms with Gasteiger partial charge in [-0.05, 0) is 40.5 Å². The van der Waals surface area contributed by atoms with Gasteiger partial charge in [0.25, 0.3) is 0 Å². The van der Waals surface area contributed by atoms with Crippen molar-refractivity contribution in [1.82, 2.24) is 0 Å². The number of hydrogen-bond acceptors (Lipinski definition) is 2. The highest BCUT2D eigenvalue weighted by Crippen LogP contribution is 2.26. The van der Waals surface area contributed by atoms with Gasteiger partial charge in [-0.15, -0.1) is 0 Å². The van der Waals surface area contributed by atoms with Crippen LogP contribution in [0.25, 0.3) is 0 Å². The standard InChI is InChI=1S/C8H7BrO3/c1-4-2-6(9)7(10)3-5(4)8(11)12/h2-3,10H,1H3,(H,11,12). The summed E-state index contributed by atoms with van der Waals surface area (Å²) < 4.78 is 0.505. The van der Waals surface area contributed by atoms with E-state index in [9.17, 15) is 4.79 Å². The zero-order valence-corrected chi connectivity index (χ0v) is 7.92. The molecule has 64 valence electrons. The van der Waals surface area contributed by atoms with E-state index < -0.39 is 5.97 Å². The van der Waals surface area contributed by atoms with Crippen molar-refractivity contribution in [3.05, 3.63) is 27.7 Å². The van der Waals surface area contributed by atoms with Crippen molar-refractivity contribution in [1.29, 1.82) is 0 Å². The minimum atomic E-state index is -1.03. The fourth-order valence-electron chi connectivity index (χ4n) is 0.892. The third-order valence-corrected chi connectivity index (χ3v) is 2.16. The van der Waals surface area contributed by atoms with Crippen LogP contribution in [0.3, 0.4) is 0 Å². The SMILES string of the molecule is Cc1cc(Br)c(O)cc1C(=O)O. The Hall–Kier alpha value is -1.03. The molecule has 0 radical (unpaired) electrons. The summed E-state index contributed by atoms with van der Waals surface area (Å²) in [6.07, 6.45) is 0. The lowest BCUT2D eigenvalue weighted by atomic mass is 10.1. The van der Waals surface area contributed by atoms with E-state index in [-0.39, 0.29) is 11.3 Å². The van der Waals surface area contributed by atoms with E-state index in [1.54, 1.807) is 13.0 Å². The molecule has 0 aliphatic carbocycles. The molecule has 0 aromatic heterocycles. The Bertz CT molecular complexity index is 333. The van der Waals surface area contributed by atoms with Crippen LogP contribution in [0.4, 0.5) is 0 Å². The number of aromatic hydroxyl groups is 1. The van der Waals surface area contributed by atoms with E-state index in [0.717, 1.165) is 0 Å². The summed E-state index contributed by atoms with van der Waals surface area (Å²) >= 11 is 3.09. The quantitative estimate of drug-likeness (QED) is 0.778. The van der Waals surface area contributed by atoms with Crippen molar-refractivity contribution in [3.8, 4) is 5.75 Å². The lowest BCUT2D eigenvalue weighted by molar-refractivity contribution is 0.0695. The number of halogens is 1. The molecule has 0 bridgehead atoms. The molecule has 3 nitrogen and oxygen atoms in total. The molecule has 0 atom stereocenters. The highest BCUT2D eigenvalue weighted by atomic mass is 79.9. The molecule has 0 saturated carbocycles. The number of carboxylic acid groups (broad SMARTS) is 1. The molecule has 1 aromatic rings. The Balaban J connectivity index is 3.33. The van der Waals surface area contributed by atoms with Gasteiger partial charge in [0.1, 0.15) is 5.75 Å². The Labute approximate surface area is 77.8 Å². The second-order valence-corrected chi connectivity index (χ2v) is 3.28. The van der Waals surface area contributed by atoms with Crippen LogP contribution >= 0.6 is 15.9 Å². The lowest BCUT2D eigenvalue weighted by Crippen LogP contribution is -1.99. The van der Waals surface area contributed by atoms with Crippen molar-refractivity contribution < 1.29 is 15.0 Å². The number of phenols is 1. The summed E-state index contributed by atoms with van der Waals surface area (Å²) in [7, 11) is 0. The number of aryl methyl sites for hydroxylation is 1. The molecule has 2 N–H and O–H groups in total. The Morgan fingerprint density at radius 1 is 1.50 bits per heavy atom. The van der Waals surface area contributed by atoms with Crippen LogP contribution in [-0.2, 0) is 0 Å². The molecule has 1 aromatic carbocycles. The van der Waals surface area contributed by atoms with Crippen LogP contribution in [0.1, 0.15) is 15.9 Å². The number of phenolic OH excluding ortho intramolecular Hbond substituents is 1. The molecule has 0 heterocycles. The molecular formula is C8H7BrO3. The minimum Gasteiger partial charge on any atom is -0.507 e. The first-order valence-corrected chi connectivity index (χ1v) is 4.04. The van der Waals surface area contributed by atoms with Crippen molar-refractivity contribution in [2.45, 2.75) is 6.92 Å². The van der Waals surface area contributed by atoms with Gasteiger partial charge in [0.15, 0.2) is 0 Å². The number of carboxylic acids is 1. The molecule has 0 aliphatic rings. The number of benzene rings is 1. The molecule has 0 fully saturated rings. The number of hydrogen-bond donors (Lipinski definition) is 2. The molecular weight excluding hydrogens is 224 g/mol. The smallest absolute Gasteiger partial charge is 0.336 e. The summed E-state index contributed by atoms with van der Waals surface area (Å²) in [6, 6.07) is 2.79. The van der Waals surface area contributed by atoms with Crippen molar-refractivity contribution >= 4 is 21.9 Å². The number of rotatable bonds is 1. The van der Waals surface area contributed by atoms with Crippen LogP contribution in [0.2, 0.25) is 0 Å². The van der Waals surface area contributed by atoms with Gasteiger partial charge < -0.3 is 10.2 Å². The van der Waals surface area contributed by atoms with Crippen LogP contribution in [0.15, 0.2) is 16.6 Å². The lowest BCUT2D eigenvalue weighted by Gasteiger charge is -2.02. The van der Waals surface area contributed by atoms with Crippen molar-refractivity contribution in [2.75, 3.05) is 0 Å². The van der Waals surface area contributed by atoms with Crippen LogP contribution < -0.4 is 0 Å². The molecule has 4 heteroatoms. The third kappa shape index (κ3) is 1.58. The van der Waals surface area contributed by atoms with Crippen molar-refractivity contribution in [2.24, 2.45) is 0 Å². The average Bonchev–Trinajstić information content (AvgIpc) is 1.96. The zero-order chi connectivity index (χ0) is 9.30. The highest BCUT2D eigenvalue weighted by molar-refractivity contribution is 9.10. The van der Waals surface area contributed by atoms with E-state index in [1.807, 2.05) is 0 Å². The Kier molecular flexibility index (Phi) is 2.38. The van der Waals surface area contributed by atoms with Gasteiger partial charge in [-0.2, -0.15) is 0 Å². The normalized spacial score (nSPS) is 9.83. The van der Waals surface area contributed by atoms with Gasteiger partial charge in [-0.1, -0.05) is 0 Å². The summed E-state index contributed by atoms with van der Waals surface area (Å²) in [4.78, 5) is 10.6. The Morgan fingerprint density at radius 3 is 2.58 bits per heavy atom. The second kappa shape index (κ2) is 3.15. The third-order valence-electron chi connectivity index (χ3n) is 1.52. The maximum Gasteiger partial charge on any atom is 0.336 e. The van der Waals surface area contributed by atoms with E-state index in [1.165, 1.54) is 6.07 Å². The van der Waals surface area contributed by atoms with Gasteiger partial charge in [-0.3, -0.25) is 0 Å². The van der Waals surface area contributed by atoms with E-state index in [4.69, 9.17) is 10.2 Å². The summed E-state index contributed by atoms with van der Waals surface area (Å²) in [5, 5.41) is 17.8. The average molecular weight is 231 g/mol. The fraction of sp³-hybridized carbons (Fsp3) is 0.125. The van der Waals surface area contributed by atoms with E-state index >= 15 is 0 Å². The van der Waals surface area contributed by atoms with Gasteiger partial charge in [0.2, 0.25) is 0 Å². The van der Waals surface area contributed by atoms with Crippen LogP contribution in [0.5, 0.6) is 5.75 Å². The monoisotopic (exact) mass is 230 g/mol. The molecule has 0 aliphatic heterocycles. The van der Waals surface area contributed by atoms with Gasteiger partial charge in [0.05, 0.1) is 10.0 Å². The molecule has 12 heavy (non-hydrogen) atoms. The fourth-order valence-corrected chi connectivity index (χ4v) is 1.35. The Morgan fingerprint density at radius 2 is 2.08 bits per heavy atom. The minimum absolute atomic E-state index is 0.0574. The number of carbonyl (C=O) groups is 1. The largest absolute Gasteiger partial charge is 0.507 e. The molecule has 0 unspecified atom stereocenters. The van der Waals surface area contributed by atoms with Gasteiger partial charge >= 0.3 is 5.97 Å². The molecule has 1 rings (SSSR count). The van der Waals surface area contributed by atoms with Crippen LogP contribution in [0, 0.1) is 6.92 Å². The maximum atomic E-state index is 10.6. The first kappa shape index (κ1) is 9.06. The first-order valence-electron chi connectivity index (χ1n) is 3.25. The van der Waals surface area contributed by atoms with Gasteiger partial charge in [0, 0.05) is 0 Å². The molecule has 0 amide bonds. The predicted octanol–water partition coefficient (Wildman–Crippen LogP) is 2.16. The highest BCUT2D eigenvalue weighted by Gasteiger charge is 2.09. The molecule has 0 saturated heterocycles. The summed E-state index contributed by atoms with van der Waals surface area (Å²) in [6.45, 7) is 1.67. The molecule has 0 spiro atoms. The zero-order valence-electron chi connectivity index (χ0n) is 6.34. The maximum absolute atomic E-state index is 10.6. The van der Waals surface area contributed by atoms with E-state index in [0.29, 0.717) is 10.0 Å². The van der Waals surface area contributed by atoms with Crippen LogP contribution in [-0.4, -0.2) is 16.2 Å². The first-order chi connectivity index (χ1) is 5.52. The van der Waals surface area contributed by atoms with Gasteiger partial charge in [-0.25, -0.2) is 4.79 Å². The summed E-state index contributed by atoms with van der Waals surface area (Å²) in [5.74, 6) is -1.09. The number of aromatic carboxylic acids is 1.